The number of rotatable bonds is 11. The molecule has 4 aromatic carbocycles. The Labute approximate surface area is 231 Å². The Balaban J connectivity index is 1.51. The van der Waals surface area contributed by atoms with Crippen molar-refractivity contribution in [2.45, 2.75) is 45.5 Å². The molecule has 39 heavy (non-hydrogen) atoms. The largest absolute Gasteiger partial charge is 0.445 e. The van der Waals surface area contributed by atoms with Crippen molar-refractivity contribution in [3.8, 4) is 0 Å². The van der Waals surface area contributed by atoms with Gasteiger partial charge in [-0.2, -0.15) is 0 Å². The van der Waals surface area contributed by atoms with E-state index >= 15 is 0 Å². The second kappa shape index (κ2) is 14.0. The normalized spacial score (nSPS) is 12.3. The van der Waals surface area contributed by atoms with Gasteiger partial charge < -0.3 is 14.5 Å². The lowest BCUT2D eigenvalue weighted by Gasteiger charge is -2.36. The summed E-state index contributed by atoms with van der Waals surface area (Å²) in [5.74, 6) is -0.0170. The minimum absolute atomic E-state index is 0.0170. The van der Waals surface area contributed by atoms with Crippen LogP contribution in [0.1, 0.15) is 54.6 Å². The van der Waals surface area contributed by atoms with Gasteiger partial charge in [-0.15, -0.1) is 0 Å². The SMILES string of the molecule is C[C@H](c1ccccc1)N(C(=O)CCN(Cc1ccccc1)C(=O)OCc1ccccc1)[C@H](C)c1ccccc1. The number of hydrogen-bond acceptors (Lipinski definition) is 3. The summed E-state index contributed by atoms with van der Waals surface area (Å²) in [6, 6.07) is 39.2. The van der Waals surface area contributed by atoms with E-state index in [1.807, 2.05) is 126 Å². The van der Waals surface area contributed by atoms with E-state index in [0.29, 0.717) is 6.54 Å². The van der Waals surface area contributed by atoms with Crippen LogP contribution < -0.4 is 0 Å². The fraction of sp³-hybridized carbons (Fsp3) is 0.235. The number of carbonyl (C=O) groups excluding carboxylic acids is 2. The van der Waals surface area contributed by atoms with E-state index in [4.69, 9.17) is 4.74 Å². The third-order valence-electron chi connectivity index (χ3n) is 6.96. The highest BCUT2D eigenvalue weighted by atomic mass is 16.6. The van der Waals surface area contributed by atoms with E-state index in [1.165, 1.54) is 0 Å². The van der Waals surface area contributed by atoms with Gasteiger partial charge in [-0.25, -0.2) is 4.79 Å². The molecule has 0 aromatic heterocycles. The summed E-state index contributed by atoms with van der Waals surface area (Å²) >= 11 is 0. The highest BCUT2D eigenvalue weighted by Crippen LogP contribution is 2.31. The molecule has 0 bridgehead atoms. The molecule has 0 saturated carbocycles. The molecule has 0 N–H and O–H groups in total. The first-order valence-electron chi connectivity index (χ1n) is 13.4. The van der Waals surface area contributed by atoms with Crippen molar-refractivity contribution in [1.29, 1.82) is 0 Å². The Bertz CT molecular complexity index is 1250. The number of ether oxygens (including phenoxy) is 1. The quantitative estimate of drug-likeness (QED) is 0.205. The molecule has 0 heterocycles. The third kappa shape index (κ3) is 7.81. The van der Waals surface area contributed by atoms with Gasteiger partial charge in [-0.3, -0.25) is 4.79 Å². The van der Waals surface area contributed by atoms with Gasteiger partial charge in [-0.05, 0) is 36.1 Å². The van der Waals surface area contributed by atoms with Crippen molar-refractivity contribution < 1.29 is 14.3 Å². The summed E-state index contributed by atoms with van der Waals surface area (Å²) in [6.45, 7) is 4.91. The van der Waals surface area contributed by atoms with E-state index in [9.17, 15) is 9.59 Å². The van der Waals surface area contributed by atoms with Gasteiger partial charge >= 0.3 is 6.09 Å². The van der Waals surface area contributed by atoms with Crippen LogP contribution >= 0.6 is 0 Å². The van der Waals surface area contributed by atoms with Crippen LogP contribution in [0.4, 0.5) is 4.79 Å². The molecule has 5 heteroatoms. The van der Waals surface area contributed by atoms with Crippen LogP contribution in [0.5, 0.6) is 0 Å². The van der Waals surface area contributed by atoms with E-state index in [-0.39, 0.29) is 37.6 Å². The van der Waals surface area contributed by atoms with Crippen LogP contribution in [0.25, 0.3) is 0 Å². The summed E-state index contributed by atoms with van der Waals surface area (Å²) < 4.78 is 5.65. The summed E-state index contributed by atoms with van der Waals surface area (Å²) in [4.78, 5) is 30.6. The molecule has 200 valence electrons. The molecule has 0 aliphatic carbocycles. The zero-order chi connectivity index (χ0) is 27.5. The minimum atomic E-state index is -0.436. The molecule has 4 rings (SSSR count). The van der Waals surface area contributed by atoms with Gasteiger partial charge in [0.1, 0.15) is 6.61 Å². The van der Waals surface area contributed by atoms with Gasteiger partial charge in [0.2, 0.25) is 5.91 Å². The zero-order valence-electron chi connectivity index (χ0n) is 22.6. The van der Waals surface area contributed by atoms with E-state index in [2.05, 4.69) is 13.8 Å². The fourth-order valence-electron chi connectivity index (χ4n) is 4.76. The molecule has 0 radical (unpaired) electrons. The van der Waals surface area contributed by atoms with Crippen molar-refractivity contribution in [2.75, 3.05) is 6.54 Å². The Morgan fingerprint density at radius 3 is 1.56 bits per heavy atom. The molecule has 0 aliphatic rings. The number of nitrogens with zero attached hydrogens (tertiary/aromatic N) is 2. The predicted molar refractivity (Wildman–Crippen MR) is 155 cm³/mol. The molecule has 5 nitrogen and oxygen atoms in total. The van der Waals surface area contributed by atoms with Gasteiger partial charge in [-0.1, -0.05) is 121 Å². The maximum atomic E-state index is 13.9. The molecule has 2 amide bonds. The number of benzene rings is 4. The van der Waals surface area contributed by atoms with Crippen molar-refractivity contribution >= 4 is 12.0 Å². The van der Waals surface area contributed by atoms with Crippen LogP contribution in [-0.4, -0.2) is 28.3 Å². The highest BCUT2D eigenvalue weighted by molar-refractivity contribution is 5.78. The number of hydrogen-bond donors (Lipinski definition) is 0. The number of amides is 2. The van der Waals surface area contributed by atoms with E-state index in [0.717, 1.165) is 22.3 Å². The topological polar surface area (TPSA) is 49.9 Å². The summed E-state index contributed by atoms with van der Waals surface area (Å²) in [5, 5.41) is 0. The van der Waals surface area contributed by atoms with Gasteiger partial charge in [0.15, 0.2) is 0 Å². The summed E-state index contributed by atoms with van der Waals surface area (Å²) in [5.41, 5.74) is 4.03. The van der Waals surface area contributed by atoms with Crippen molar-refractivity contribution in [3.05, 3.63) is 144 Å². The molecular formula is C34H36N2O3. The van der Waals surface area contributed by atoms with Crippen LogP contribution in [0.3, 0.4) is 0 Å². The maximum absolute atomic E-state index is 13.9. The van der Waals surface area contributed by atoms with Crippen LogP contribution in [0.2, 0.25) is 0 Å². The van der Waals surface area contributed by atoms with E-state index < -0.39 is 6.09 Å². The Kier molecular flexibility index (Phi) is 9.90. The standard InChI is InChI=1S/C34H36N2O3/c1-27(31-19-11-5-12-20-31)36(28(2)32-21-13-6-14-22-32)33(37)23-24-35(25-29-15-7-3-8-16-29)34(38)39-26-30-17-9-4-10-18-30/h3-22,27-28H,23-26H2,1-2H3/t27-,28-/m1/s1. The fourth-order valence-corrected chi connectivity index (χ4v) is 4.76. The maximum Gasteiger partial charge on any atom is 0.410 e. The van der Waals surface area contributed by atoms with Crippen LogP contribution in [0, 0.1) is 0 Å². The van der Waals surface area contributed by atoms with Crippen molar-refractivity contribution in [1.82, 2.24) is 9.80 Å². The van der Waals surface area contributed by atoms with Crippen LogP contribution in [-0.2, 0) is 22.7 Å². The van der Waals surface area contributed by atoms with Crippen molar-refractivity contribution in [3.63, 3.8) is 0 Å². The highest BCUT2D eigenvalue weighted by Gasteiger charge is 2.28. The second-order valence-electron chi connectivity index (χ2n) is 9.67. The average molecular weight is 521 g/mol. The summed E-state index contributed by atoms with van der Waals surface area (Å²) in [6.07, 6.45) is -0.254. The predicted octanol–water partition coefficient (Wildman–Crippen LogP) is 7.57. The first-order valence-corrected chi connectivity index (χ1v) is 13.4. The van der Waals surface area contributed by atoms with Crippen LogP contribution in [0.15, 0.2) is 121 Å². The first kappa shape index (κ1) is 27.6. The monoisotopic (exact) mass is 520 g/mol. The number of carbonyl (C=O) groups is 2. The molecule has 2 atom stereocenters. The first-order chi connectivity index (χ1) is 19.0. The summed E-state index contributed by atoms with van der Waals surface area (Å²) in [7, 11) is 0. The Morgan fingerprint density at radius 2 is 1.08 bits per heavy atom. The molecule has 0 fully saturated rings. The Hall–Kier alpha value is -4.38. The van der Waals surface area contributed by atoms with Gasteiger partial charge in [0.05, 0.1) is 12.1 Å². The van der Waals surface area contributed by atoms with Crippen molar-refractivity contribution in [2.24, 2.45) is 0 Å². The molecule has 0 unspecified atom stereocenters. The molecule has 0 aliphatic heterocycles. The third-order valence-corrected chi connectivity index (χ3v) is 6.96. The lowest BCUT2D eigenvalue weighted by atomic mass is 10.0. The molecular weight excluding hydrogens is 484 g/mol. The lowest BCUT2D eigenvalue weighted by Crippen LogP contribution is -2.39. The lowest BCUT2D eigenvalue weighted by molar-refractivity contribution is -0.136. The Morgan fingerprint density at radius 1 is 0.641 bits per heavy atom. The molecule has 0 spiro atoms. The van der Waals surface area contributed by atoms with Gasteiger partial charge in [0.25, 0.3) is 0 Å². The minimum Gasteiger partial charge on any atom is -0.445 e. The molecule has 4 aromatic rings. The zero-order valence-corrected chi connectivity index (χ0v) is 22.6. The molecule has 0 saturated heterocycles. The second-order valence-corrected chi connectivity index (χ2v) is 9.67. The average Bonchev–Trinajstić information content (AvgIpc) is 3.00. The smallest absolute Gasteiger partial charge is 0.410 e. The van der Waals surface area contributed by atoms with Gasteiger partial charge in [0, 0.05) is 19.5 Å². The van der Waals surface area contributed by atoms with E-state index in [1.54, 1.807) is 4.90 Å².